The van der Waals surface area contributed by atoms with Gasteiger partial charge in [-0.05, 0) is 42.9 Å². The zero-order valence-corrected chi connectivity index (χ0v) is 22.4. The number of amides is 4. The lowest BCUT2D eigenvalue weighted by atomic mass is 10.0. The number of benzene rings is 2. The van der Waals surface area contributed by atoms with Crippen LogP contribution in [0.25, 0.3) is 0 Å². The normalized spacial score (nSPS) is 19.1. The summed E-state index contributed by atoms with van der Waals surface area (Å²) in [5, 5.41) is 8.33. The highest BCUT2D eigenvalue weighted by molar-refractivity contribution is 6.01. The Kier molecular flexibility index (Phi) is 10.7. The topological polar surface area (TPSA) is 117 Å². The molecule has 2 atom stereocenters. The summed E-state index contributed by atoms with van der Waals surface area (Å²) >= 11 is 0. The number of ether oxygens (including phenoxy) is 1. The highest BCUT2D eigenvalue weighted by Gasteiger charge is 2.30. The summed E-state index contributed by atoms with van der Waals surface area (Å²) in [6.45, 7) is 4.78. The molecule has 0 aliphatic carbocycles. The summed E-state index contributed by atoms with van der Waals surface area (Å²) in [4.78, 5) is 53.9. The third-order valence-electron chi connectivity index (χ3n) is 6.33. The third-order valence-corrected chi connectivity index (χ3v) is 6.33. The quantitative estimate of drug-likeness (QED) is 0.483. The van der Waals surface area contributed by atoms with Gasteiger partial charge in [-0.15, -0.1) is 0 Å². The summed E-state index contributed by atoms with van der Waals surface area (Å²) in [6.07, 6.45) is 1.64. The molecular weight excluding hydrogens is 484 g/mol. The van der Waals surface area contributed by atoms with Crippen molar-refractivity contribution in [2.45, 2.75) is 51.6 Å². The fourth-order valence-corrected chi connectivity index (χ4v) is 4.30. The maximum atomic E-state index is 13.2. The smallest absolute Gasteiger partial charge is 0.255 e. The second kappa shape index (κ2) is 14.2. The van der Waals surface area contributed by atoms with Crippen LogP contribution in [0.15, 0.2) is 54.6 Å². The second-order valence-electron chi connectivity index (χ2n) is 9.96. The van der Waals surface area contributed by atoms with Crippen molar-refractivity contribution in [2.75, 3.05) is 26.7 Å². The molecule has 0 aromatic heterocycles. The van der Waals surface area contributed by atoms with Crippen molar-refractivity contribution in [1.82, 2.24) is 20.9 Å². The highest BCUT2D eigenvalue weighted by Crippen LogP contribution is 2.19. The fourth-order valence-electron chi connectivity index (χ4n) is 4.30. The van der Waals surface area contributed by atoms with E-state index in [9.17, 15) is 19.2 Å². The minimum absolute atomic E-state index is 0.156. The van der Waals surface area contributed by atoms with E-state index in [-0.39, 0.29) is 37.0 Å². The maximum absolute atomic E-state index is 13.2. The second-order valence-corrected chi connectivity index (χ2v) is 9.96. The average Bonchev–Trinajstić information content (AvgIpc) is 2.89. The number of para-hydroxylation sites is 1. The Hall–Kier alpha value is -3.88. The average molecular weight is 523 g/mol. The van der Waals surface area contributed by atoms with Gasteiger partial charge in [0.05, 0.1) is 18.5 Å². The monoisotopic (exact) mass is 522 g/mol. The Labute approximate surface area is 224 Å². The van der Waals surface area contributed by atoms with Crippen molar-refractivity contribution in [3.8, 4) is 5.75 Å². The van der Waals surface area contributed by atoms with Gasteiger partial charge in [-0.1, -0.05) is 56.3 Å². The molecule has 0 saturated heterocycles. The van der Waals surface area contributed by atoms with E-state index < -0.39 is 29.8 Å². The Morgan fingerprint density at radius 2 is 1.76 bits per heavy atom. The molecule has 9 nitrogen and oxygen atoms in total. The molecule has 4 amide bonds. The molecule has 0 fully saturated rings. The van der Waals surface area contributed by atoms with E-state index in [1.165, 1.54) is 4.90 Å². The van der Waals surface area contributed by atoms with E-state index in [0.717, 1.165) is 12.0 Å². The molecule has 2 aromatic rings. The van der Waals surface area contributed by atoms with E-state index in [0.29, 0.717) is 25.1 Å². The Morgan fingerprint density at radius 3 is 2.50 bits per heavy atom. The van der Waals surface area contributed by atoms with Crippen molar-refractivity contribution in [2.24, 2.45) is 5.92 Å². The van der Waals surface area contributed by atoms with E-state index in [1.807, 2.05) is 44.2 Å². The van der Waals surface area contributed by atoms with Crippen LogP contribution in [0.2, 0.25) is 0 Å². The minimum atomic E-state index is -1.12. The predicted molar refractivity (Wildman–Crippen MR) is 145 cm³/mol. The number of hydrogen-bond donors (Lipinski definition) is 3. The molecule has 1 aliphatic rings. The molecule has 38 heavy (non-hydrogen) atoms. The number of rotatable bonds is 7. The van der Waals surface area contributed by atoms with E-state index in [2.05, 4.69) is 16.0 Å². The summed E-state index contributed by atoms with van der Waals surface area (Å²) < 4.78 is 5.83. The maximum Gasteiger partial charge on any atom is 0.255 e. The molecule has 1 aliphatic heterocycles. The third kappa shape index (κ3) is 8.61. The van der Waals surface area contributed by atoms with Gasteiger partial charge in [0, 0.05) is 13.6 Å². The van der Waals surface area contributed by atoms with Gasteiger partial charge in [0.2, 0.25) is 17.7 Å². The summed E-state index contributed by atoms with van der Waals surface area (Å²) in [5.41, 5.74) is 1.41. The largest absolute Gasteiger partial charge is 0.491 e. The molecule has 0 bridgehead atoms. The molecule has 1 heterocycles. The van der Waals surface area contributed by atoms with Gasteiger partial charge in [0.1, 0.15) is 24.4 Å². The van der Waals surface area contributed by atoms with E-state index in [1.54, 1.807) is 31.3 Å². The van der Waals surface area contributed by atoms with Gasteiger partial charge in [0.25, 0.3) is 5.91 Å². The zero-order valence-electron chi connectivity index (χ0n) is 22.4. The van der Waals surface area contributed by atoms with Gasteiger partial charge < -0.3 is 25.6 Å². The highest BCUT2D eigenvalue weighted by atomic mass is 16.5. The molecule has 0 saturated carbocycles. The lowest BCUT2D eigenvalue weighted by Crippen LogP contribution is -2.53. The number of carbonyl (C=O) groups is 4. The lowest BCUT2D eigenvalue weighted by molar-refractivity contribution is -0.136. The Balaban J connectivity index is 1.77. The van der Waals surface area contributed by atoms with Crippen LogP contribution in [0.5, 0.6) is 5.75 Å². The van der Waals surface area contributed by atoms with Crippen LogP contribution in [0.1, 0.15) is 49.0 Å². The zero-order chi connectivity index (χ0) is 27.5. The number of hydrogen-bond acceptors (Lipinski definition) is 5. The van der Waals surface area contributed by atoms with Crippen molar-refractivity contribution < 1.29 is 23.9 Å². The summed E-state index contributed by atoms with van der Waals surface area (Å²) in [6, 6.07) is 14.8. The predicted octanol–water partition coefficient (Wildman–Crippen LogP) is 2.31. The van der Waals surface area contributed by atoms with Crippen molar-refractivity contribution >= 4 is 23.6 Å². The van der Waals surface area contributed by atoms with Crippen LogP contribution in [0, 0.1) is 5.92 Å². The number of nitrogens with one attached hydrogen (secondary N) is 3. The minimum Gasteiger partial charge on any atom is -0.491 e. The molecule has 2 aromatic carbocycles. The molecule has 204 valence electrons. The van der Waals surface area contributed by atoms with Gasteiger partial charge in [-0.25, -0.2) is 0 Å². The Morgan fingerprint density at radius 1 is 1.05 bits per heavy atom. The molecule has 0 spiro atoms. The fraction of sp³-hybridized carbons (Fsp3) is 0.448. The van der Waals surface area contributed by atoms with Crippen molar-refractivity contribution in [1.29, 1.82) is 0 Å². The lowest BCUT2D eigenvalue weighted by Gasteiger charge is -2.27. The van der Waals surface area contributed by atoms with Crippen LogP contribution in [0.3, 0.4) is 0 Å². The number of likely N-dealkylation sites (N-methyl/N-ethyl adjacent to an activating group) is 1. The van der Waals surface area contributed by atoms with Gasteiger partial charge >= 0.3 is 0 Å². The van der Waals surface area contributed by atoms with Crippen LogP contribution >= 0.6 is 0 Å². The van der Waals surface area contributed by atoms with E-state index >= 15 is 0 Å². The molecule has 3 N–H and O–H groups in total. The molecule has 0 unspecified atom stereocenters. The first-order chi connectivity index (χ1) is 18.2. The number of nitrogens with zero attached hydrogens (tertiary/aromatic N) is 1. The van der Waals surface area contributed by atoms with Crippen LogP contribution < -0.4 is 20.7 Å². The first-order valence-electron chi connectivity index (χ1n) is 13.1. The SMILES string of the molecule is CC(C)C[C@@H]1NC(=O)C[C@@H](C(=O)NCCCc2ccccc2)NC(=O)c2ccccc2OCCN(C)C1=O. The summed E-state index contributed by atoms with van der Waals surface area (Å²) in [7, 11) is 1.65. The summed E-state index contributed by atoms with van der Waals surface area (Å²) in [5.74, 6) is -1.19. The first kappa shape index (κ1) is 28.7. The number of fused-ring (bicyclic) bond motifs is 1. The number of carbonyl (C=O) groups excluding carboxylic acids is 4. The molecule has 0 radical (unpaired) electrons. The van der Waals surface area contributed by atoms with Crippen molar-refractivity contribution in [3.05, 3.63) is 65.7 Å². The Bertz CT molecular complexity index is 1110. The molecule has 3 rings (SSSR count). The van der Waals surface area contributed by atoms with Gasteiger partial charge in [0.15, 0.2) is 0 Å². The number of aryl methyl sites for hydroxylation is 1. The van der Waals surface area contributed by atoms with Gasteiger partial charge in [-0.3, -0.25) is 19.2 Å². The van der Waals surface area contributed by atoms with Crippen LogP contribution in [0.4, 0.5) is 0 Å². The van der Waals surface area contributed by atoms with E-state index in [4.69, 9.17) is 4.74 Å². The standard InChI is InChI=1S/C29H38N4O5/c1-20(2)18-24-29(37)33(3)16-17-38-25-14-8-7-13-22(25)27(35)32-23(19-26(34)31-24)28(36)30-15-9-12-21-10-5-4-6-11-21/h4-8,10-11,13-14,20,23-24H,9,12,15-19H2,1-3H3,(H,30,36)(H,31,34)(H,32,35)/t23-,24-/m0/s1. The molecular formula is C29H38N4O5. The van der Waals surface area contributed by atoms with Gasteiger partial charge in [-0.2, -0.15) is 0 Å². The van der Waals surface area contributed by atoms with Crippen LogP contribution in [-0.4, -0.2) is 67.4 Å². The first-order valence-corrected chi connectivity index (χ1v) is 13.1. The van der Waals surface area contributed by atoms with Crippen LogP contribution in [-0.2, 0) is 20.8 Å². The molecule has 9 heteroatoms. The van der Waals surface area contributed by atoms with Crippen molar-refractivity contribution in [3.63, 3.8) is 0 Å².